The molecule has 2 aliphatic heterocycles. The van der Waals surface area contributed by atoms with Gasteiger partial charge in [-0.25, -0.2) is 0 Å². The zero-order valence-corrected chi connectivity index (χ0v) is 28.6. The highest BCUT2D eigenvalue weighted by molar-refractivity contribution is 8.00. The summed E-state index contributed by atoms with van der Waals surface area (Å²) in [5.74, 6) is -3.09. The van der Waals surface area contributed by atoms with Crippen molar-refractivity contribution in [2.24, 2.45) is 29.6 Å². The summed E-state index contributed by atoms with van der Waals surface area (Å²) < 4.78 is 51.6. The molecule has 4 aromatic rings. The van der Waals surface area contributed by atoms with Crippen molar-refractivity contribution in [2.75, 3.05) is 23.9 Å². The number of aromatic amines is 1. The van der Waals surface area contributed by atoms with Crippen molar-refractivity contribution in [3.05, 3.63) is 103 Å². The average molecular weight is 753 g/mol. The number of H-pyrrole nitrogens is 1. The molecule has 4 aliphatic rings. The van der Waals surface area contributed by atoms with E-state index >= 15 is 0 Å². The number of imide groups is 1. The molecule has 7 atom stereocenters. The number of ether oxygens (including phenoxy) is 2. The van der Waals surface area contributed by atoms with Crippen molar-refractivity contribution < 1.29 is 42.0 Å². The lowest BCUT2D eigenvalue weighted by Gasteiger charge is -2.43. The van der Waals surface area contributed by atoms with Gasteiger partial charge >= 0.3 is 11.0 Å². The Balaban J connectivity index is 1.07. The Hall–Kier alpha value is -5.16. The van der Waals surface area contributed by atoms with Crippen LogP contribution in [0.15, 0.2) is 76.6 Å². The summed E-state index contributed by atoms with van der Waals surface area (Å²) >= 11 is 2.60. The van der Waals surface area contributed by atoms with Crippen molar-refractivity contribution >= 4 is 57.9 Å². The first kappa shape index (κ1) is 34.0. The van der Waals surface area contributed by atoms with E-state index < -0.39 is 46.7 Å². The van der Waals surface area contributed by atoms with E-state index in [-0.39, 0.29) is 68.5 Å². The molecule has 17 heteroatoms. The van der Waals surface area contributed by atoms with Gasteiger partial charge in [0.05, 0.1) is 45.8 Å². The largest absolute Gasteiger partial charge is 0.493 e. The number of para-hydroxylation sites is 1. The first-order valence-corrected chi connectivity index (χ1v) is 17.8. The number of nitrogens with zero attached hydrogens (tertiary/aromatic N) is 2. The number of carbonyl (C=O) groups excluding carboxylic acids is 3. The maximum Gasteiger partial charge on any atom is 0.418 e. The lowest BCUT2D eigenvalue weighted by molar-refractivity contribution is -0.384. The standard InChI is InChI=1S/C35H27F3N4O8S2/c1-49-23-12-15(6-11-22(23)50-14-24(43)39-21-5-3-2-4-20(21)35(36,37)38)25-26-18-13-19(29(26)51-31-30(25)52-34(46)40-31)28-27(18)32(44)41(33(28)45)16-7-9-17(10-8-16)42(47)48/h2-12,18-19,25-29H,13-14H2,1H3,(H,39,43)(H,40,46)/t18-,19-,25+,26-,27+,28+,29-/m1/s1. The lowest BCUT2D eigenvalue weighted by atomic mass is 9.68. The normalized spacial score (nSPS) is 25.8. The third kappa shape index (κ3) is 5.44. The van der Waals surface area contributed by atoms with Crippen molar-refractivity contribution in [3.8, 4) is 11.5 Å². The molecule has 0 spiro atoms. The van der Waals surface area contributed by atoms with Gasteiger partial charge in [0.15, 0.2) is 18.1 Å². The number of aromatic nitrogens is 1. The minimum atomic E-state index is -4.67. The van der Waals surface area contributed by atoms with Crippen LogP contribution < -0.4 is 24.6 Å². The monoisotopic (exact) mass is 752 g/mol. The van der Waals surface area contributed by atoms with E-state index in [4.69, 9.17) is 9.47 Å². The smallest absolute Gasteiger partial charge is 0.418 e. The fourth-order valence-electron chi connectivity index (χ4n) is 8.53. The number of fused-ring (bicyclic) bond motifs is 9. The van der Waals surface area contributed by atoms with Crippen LogP contribution in [-0.4, -0.2) is 46.6 Å². The molecule has 2 aliphatic carbocycles. The Morgan fingerprint density at radius 3 is 2.42 bits per heavy atom. The van der Waals surface area contributed by atoms with Gasteiger partial charge in [0, 0.05) is 28.2 Å². The maximum atomic E-state index is 14.0. The molecule has 268 valence electrons. The second kappa shape index (κ2) is 12.5. The van der Waals surface area contributed by atoms with Gasteiger partial charge in [0.2, 0.25) is 11.8 Å². The van der Waals surface area contributed by atoms with Crippen molar-refractivity contribution in [1.82, 2.24) is 4.98 Å². The minimum absolute atomic E-state index is 0.104. The lowest BCUT2D eigenvalue weighted by Crippen LogP contribution is -2.42. The zero-order valence-electron chi connectivity index (χ0n) is 26.9. The van der Waals surface area contributed by atoms with E-state index in [1.807, 2.05) is 0 Å². The number of halogens is 3. The van der Waals surface area contributed by atoms with Crippen LogP contribution in [0.25, 0.3) is 0 Å². The molecule has 2 saturated carbocycles. The van der Waals surface area contributed by atoms with Crippen LogP contribution in [0.4, 0.5) is 30.2 Å². The SMILES string of the molecule is COc1cc([C@@H]2c3sc(=O)[nH]c3S[C@@H]3[C@@H]4C[C@@H]([C@@H]5C(=O)N(c6ccc([N+](=O)[O-])cc6)C(=O)[C@@H]45)[C@H]23)ccc1OCC(=O)Nc1ccccc1C(F)(F)F. The number of rotatable bonds is 8. The number of nitrogens with one attached hydrogen (secondary N) is 2. The molecule has 3 fully saturated rings. The van der Waals surface area contributed by atoms with E-state index in [0.717, 1.165) is 38.8 Å². The molecule has 3 heterocycles. The Kier molecular flexibility index (Phi) is 8.17. The predicted molar refractivity (Wildman–Crippen MR) is 183 cm³/mol. The van der Waals surface area contributed by atoms with E-state index in [1.54, 1.807) is 18.2 Å². The summed E-state index contributed by atoms with van der Waals surface area (Å²) in [4.78, 5) is 68.5. The zero-order chi connectivity index (χ0) is 36.6. The third-order valence-corrected chi connectivity index (χ3v) is 13.0. The quantitative estimate of drug-likeness (QED) is 0.124. The van der Waals surface area contributed by atoms with Crippen LogP contribution in [0.3, 0.4) is 0 Å². The molecular weight excluding hydrogens is 726 g/mol. The summed E-state index contributed by atoms with van der Waals surface area (Å²) in [6.45, 7) is -0.607. The molecule has 2 bridgehead atoms. The number of carbonyl (C=O) groups is 3. The van der Waals surface area contributed by atoms with E-state index in [0.29, 0.717) is 11.4 Å². The first-order chi connectivity index (χ1) is 24.8. The van der Waals surface area contributed by atoms with Gasteiger partial charge in [-0.2, -0.15) is 13.2 Å². The van der Waals surface area contributed by atoms with Gasteiger partial charge in [0.1, 0.15) is 0 Å². The molecule has 0 unspecified atom stereocenters. The average Bonchev–Trinajstić information content (AvgIpc) is 3.85. The molecule has 0 radical (unpaired) electrons. The fraction of sp³-hybridized carbons (Fsp3) is 0.314. The van der Waals surface area contributed by atoms with Crippen LogP contribution in [0, 0.1) is 39.7 Å². The summed E-state index contributed by atoms with van der Waals surface area (Å²) in [7, 11) is 1.41. The summed E-state index contributed by atoms with van der Waals surface area (Å²) in [5.41, 5.74) is -0.509. The van der Waals surface area contributed by atoms with E-state index in [1.165, 1.54) is 55.3 Å². The maximum absolute atomic E-state index is 14.0. The number of benzene rings is 3. The number of anilines is 2. The van der Waals surface area contributed by atoms with Crippen molar-refractivity contribution in [2.45, 2.75) is 28.8 Å². The fourth-order valence-corrected chi connectivity index (χ4v) is 11.4. The summed E-state index contributed by atoms with van der Waals surface area (Å²) in [6, 6.07) is 15.0. The second-order valence-electron chi connectivity index (χ2n) is 13.0. The van der Waals surface area contributed by atoms with Gasteiger partial charge in [-0.3, -0.25) is 34.2 Å². The highest BCUT2D eigenvalue weighted by Crippen LogP contribution is 2.69. The van der Waals surface area contributed by atoms with Crippen LogP contribution >= 0.6 is 23.1 Å². The molecule has 1 aromatic heterocycles. The van der Waals surface area contributed by atoms with Gasteiger partial charge in [-0.1, -0.05) is 29.5 Å². The number of non-ortho nitro benzene ring substituents is 1. The molecule has 12 nitrogen and oxygen atoms in total. The molecule has 2 N–H and O–H groups in total. The Labute approximate surface area is 300 Å². The van der Waals surface area contributed by atoms with Crippen molar-refractivity contribution in [1.29, 1.82) is 0 Å². The third-order valence-electron chi connectivity index (χ3n) is 10.5. The van der Waals surface area contributed by atoms with E-state index in [2.05, 4.69) is 10.3 Å². The van der Waals surface area contributed by atoms with Crippen LogP contribution in [0.1, 0.15) is 28.3 Å². The topological polar surface area (TPSA) is 161 Å². The summed E-state index contributed by atoms with van der Waals surface area (Å²) in [6.07, 6.45) is -4.02. The molecule has 52 heavy (non-hydrogen) atoms. The first-order valence-electron chi connectivity index (χ1n) is 16.1. The van der Waals surface area contributed by atoms with Crippen LogP contribution in [0.5, 0.6) is 11.5 Å². The number of thiazole rings is 1. The number of alkyl halides is 3. The number of amides is 3. The molecule has 8 rings (SSSR count). The van der Waals surface area contributed by atoms with Crippen LogP contribution in [0.2, 0.25) is 0 Å². The molecule has 3 amide bonds. The number of nitro groups is 1. The minimum Gasteiger partial charge on any atom is -0.493 e. The van der Waals surface area contributed by atoms with Crippen molar-refractivity contribution in [3.63, 3.8) is 0 Å². The number of methoxy groups -OCH3 is 1. The van der Waals surface area contributed by atoms with Gasteiger partial charge in [0.25, 0.3) is 11.6 Å². The Bertz CT molecular complexity index is 2210. The van der Waals surface area contributed by atoms with Gasteiger partial charge < -0.3 is 19.8 Å². The number of nitro benzene ring substituents is 1. The molecular formula is C35H27F3N4O8S2. The molecule has 3 aromatic carbocycles. The summed E-state index contributed by atoms with van der Waals surface area (Å²) in [5, 5.41) is 14.0. The number of hydrogen-bond acceptors (Lipinski definition) is 10. The highest BCUT2D eigenvalue weighted by Gasteiger charge is 2.69. The highest BCUT2D eigenvalue weighted by atomic mass is 32.2. The number of hydrogen-bond donors (Lipinski definition) is 2. The van der Waals surface area contributed by atoms with Gasteiger partial charge in [-0.15, -0.1) is 11.8 Å². The molecule has 1 saturated heterocycles. The second-order valence-corrected chi connectivity index (χ2v) is 15.2. The number of thioether (sulfide) groups is 1. The Morgan fingerprint density at radius 2 is 1.73 bits per heavy atom. The Morgan fingerprint density at radius 1 is 1.02 bits per heavy atom. The predicted octanol–water partition coefficient (Wildman–Crippen LogP) is 6.07. The van der Waals surface area contributed by atoms with E-state index in [9.17, 15) is 42.5 Å². The van der Waals surface area contributed by atoms with Crippen LogP contribution in [-0.2, 0) is 20.6 Å². The van der Waals surface area contributed by atoms with Gasteiger partial charge in [-0.05, 0) is 66.1 Å².